The first-order valence-corrected chi connectivity index (χ1v) is 8.47. The van der Waals surface area contributed by atoms with Crippen molar-refractivity contribution in [3.8, 4) is 5.75 Å². The van der Waals surface area contributed by atoms with Gasteiger partial charge >= 0.3 is 0 Å². The molecule has 0 atom stereocenters. The van der Waals surface area contributed by atoms with E-state index < -0.39 is 0 Å². The number of ketones is 2. The summed E-state index contributed by atoms with van der Waals surface area (Å²) < 4.78 is 5.63. The van der Waals surface area contributed by atoms with E-state index in [1.165, 1.54) is 6.92 Å². The highest BCUT2D eigenvalue weighted by molar-refractivity contribution is 6.30. The van der Waals surface area contributed by atoms with Crippen LogP contribution in [0.1, 0.15) is 39.0 Å². The zero-order valence-electron chi connectivity index (χ0n) is 15.0. The summed E-state index contributed by atoms with van der Waals surface area (Å²) in [5.74, 6) is 0.670. The van der Waals surface area contributed by atoms with Gasteiger partial charge in [-0.15, -0.1) is 0 Å². The molecule has 1 aromatic carbocycles. The summed E-state index contributed by atoms with van der Waals surface area (Å²) in [4.78, 5) is 29.1. The molecule has 0 unspecified atom stereocenters. The van der Waals surface area contributed by atoms with Crippen LogP contribution in [-0.4, -0.2) is 48.2 Å². The average molecular weight is 363 g/mol. The van der Waals surface area contributed by atoms with Crippen LogP contribution >= 0.6 is 11.6 Å². The maximum Gasteiger partial charge on any atom is 0.193 e. The second-order valence-corrected chi connectivity index (χ2v) is 6.58. The number of aromatic nitrogens is 1. The Bertz CT molecular complexity index is 766. The Morgan fingerprint density at radius 1 is 1.20 bits per heavy atom. The molecule has 0 radical (unpaired) electrons. The van der Waals surface area contributed by atoms with E-state index in [2.05, 4.69) is 4.98 Å². The number of aryl methyl sites for hydroxylation is 1. The summed E-state index contributed by atoms with van der Waals surface area (Å²) in [7, 11) is 1.86. The van der Waals surface area contributed by atoms with Crippen LogP contribution in [0.15, 0.2) is 24.3 Å². The van der Waals surface area contributed by atoms with Gasteiger partial charge in [0.05, 0.1) is 12.2 Å². The number of aromatic amines is 1. The second kappa shape index (κ2) is 8.32. The minimum atomic E-state index is -0.0397. The van der Waals surface area contributed by atoms with Gasteiger partial charge < -0.3 is 9.72 Å². The molecule has 0 saturated carbocycles. The fourth-order valence-electron chi connectivity index (χ4n) is 2.81. The predicted molar refractivity (Wildman–Crippen MR) is 99.0 cm³/mol. The summed E-state index contributed by atoms with van der Waals surface area (Å²) in [6, 6.07) is 7.16. The number of halogens is 1. The van der Waals surface area contributed by atoms with E-state index in [0.29, 0.717) is 29.4 Å². The number of Topliss-reactive ketones (excluding diaryl/α,β-unsaturated/α-hetero) is 2. The molecule has 0 spiro atoms. The van der Waals surface area contributed by atoms with E-state index in [1.807, 2.05) is 31.0 Å². The second-order valence-electron chi connectivity index (χ2n) is 6.14. The van der Waals surface area contributed by atoms with Crippen LogP contribution in [0.4, 0.5) is 0 Å². The average Bonchev–Trinajstić information content (AvgIpc) is 2.84. The Labute approximate surface area is 152 Å². The van der Waals surface area contributed by atoms with Crippen LogP contribution in [0, 0.1) is 13.8 Å². The number of carbonyl (C=O) groups is 2. The summed E-state index contributed by atoms with van der Waals surface area (Å²) in [6.07, 6.45) is 0. The van der Waals surface area contributed by atoms with Gasteiger partial charge in [0.1, 0.15) is 12.4 Å². The van der Waals surface area contributed by atoms with E-state index in [-0.39, 0.29) is 18.1 Å². The highest BCUT2D eigenvalue weighted by Crippen LogP contribution is 2.19. The van der Waals surface area contributed by atoms with Crippen molar-refractivity contribution in [3.63, 3.8) is 0 Å². The number of nitrogens with one attached hydrogen (secondary N) is 1. The highest BCUT2D eigenvalue weighted by atomic mass is 35.5. The van der Waals surface area contributed by atoms with Gasteiger partial charge in [0.15, 0.2) is 11.6 Å². The lowest BCUT2D eigenvalue weighted by molar-refractivity contribution is 0.0933. The van der Waals surface area contributed by atoms with Crippen molar-refractivity contribution in [3.05, 3.63) is 51.8 Å². The van der Waals surface area contributed by atoms with Crippen molar-refractivity contribution < 1.29 is 14.3 Å². The Hall–Kier alpha value is -2.11. The molecule has 0 aliphatic rings. The molecule has 5 nitrogen and oxygen atoms in total. The van der Waals surface area contributed by atoms with Gasteiger partial charge in [-0.3, -0.25) is 14.5 Å². The first kappa shape index (κ1) is 19.2. The zero-order chi connectivity index (χ0) is 18.6. The fraction of sp³-hybridized carbons (Fsp3) is 0.368. The van der Waals surface area contributed by atoms with Crippen molar-refractivity contribution >= 4 is 23.2 Å². The molecule has 1 heterocycles. The van der Waals surface area contributed by atoms with Gasteiger partial charge in [0, 0.05) is 22.8 Å². The lowest BCUT2D eigenvalue weighted by atomic mass is 10.1. The zero-order valence-corrected chi connectivity index (χ0v) is 15.7. The Morgan fingerprint density at radius 3 is 2.40 bits per heavy atom. The number of benzene rings is 1. The summed E-state index contributed by atoms with van der Waals surface area (Å²) in [5, 5.41) is 0.664. The molecule has 0 bridgehead atoms. The molecule has 0 aliphatic carbocycles. The normalized spacial score (nSPS) is 11.0. The number of likely N-dealkylation sites (N-methyl/N-ethyl adjacent to an activating group) is 1. The number of hydrogen-bond acceptors (Lipinski definition) is 4. The van der Waals surface area contributed by atoms with Crippen LogP contribution in [-0.2, 0) is 0 Å². The largest absolute Gasteiger partial charge is 0.492 e. The molecule has 134 valence electrons. The first-order valence-electron chi connectivity index (χ1n) is 8.09. The van der Waals surface area contributed by atoms with E-state index in [9.17, 15) is 9.59 Å². The van der Waals surface area contributed by atoms with Crippen LogP contribution in [0.25, 0.3) is 0 Å². The van der Waals surface area contributed by atoms with Gasteiger partial charge in [-0.25, -0.2) is 0 Å². The van der Waals surface area contributed by atoms with Crippen molar-refractivity contribution in [2.75, 3.05) is 26.7 Å². The monoisotopic (exact) mass is 362 g/mol. The lowest BCUT2D eigenvalue weighted by Crippen LogP contribution is -2.30. The van der Waals surface area contributed by atoms with Gasteiger partial charge in [0.2, 0.25) is 0 Å². The quantitative estimate of drug-likeness (QED) is 0.727. The molecular formula is C19H23ClN2O3. The summed E-state index contributed by atoms with van der Waals surface area (Å²) >= 11 is 5.83. The Kier molecular flexibility index (Phi) is 6.39. The maximum absolute atomic E-state index is 12.5. The highest BCUT2D eigenvalue weighted by Gasteiger charge is 2.20. The third-order valence-corrected chi connectivity index (χ3v) is 4.29. The van der Waals surface area contributed by atoms with Gasteiger partial charge in [-0.05, 0) is 57.6 Å². The van der Waals surface area contributed by atoms with Crippen molar-refractivity contribution in [1.82, 2.24) is 9.88 Å². The SMILES string of the molecule is CC(=O)c1c(C)[nH]c(C(=O)CN(C)CCOc2ccc(Cl)cc2)c1C. The molecular weight excluding hydrogens is 340 g/mol. The van der Waals surface area contributed by atoms with E-state index in [0.717, 1.165) is 17.0 Å². The summed E-state index contributed by atoms with van der Waals surface area (Å²) in [5.41, 5.74) is 2.58. The molecule has 6 heteroatoms. The number of hydrogen-bond donors (Lipinski definition) is 1. The molecule has 1 aromatic heterocycles. The Morgan fingerprint density at radius 2 is 1.84 bits per heavy atom. The molecule has 0 saturated heterocycles. The van der Waals surface area contributed by atoms with Crippen molar-refractivity contribution in [2.24, 2.45) is 0 Å². The minimum Gasteiger partial charge on any atom is -0.492 e. The van der Waals surface area contributed by atoms with E-state index in [1.54, 1.807) is 19.1 Å². The number of nitrogens with zero attached hydrogens (tertiary/aromatic N) is 1. The predicted octanol–water partition coefficient (Wildman–Crippen LogP) is 3.68. The van der Waals surface area contributed by atoms with Crippen molar-refractivity contribution in [2.45, 2.75) is 20.8 Å². The Balaban J connectivity index is 1.89. The topological polar surface area (TPSA) is 62.4 Å². The lowest BCUT2D eigenvalue weighted by Gasteiger charge is -2.16. The van der Waals surface area contributed by atoms with E-state index in [4.69, 9.17) is 16.3 Å². The summed E-state index contributed by atoms with van der Waals surface area (Å²) in [6.45, 7) is 6.45. The third-order valence-electron chi connectivity index (χ3n) is 4.04. The molecule has 2 rings (SSSR count). The van der Waals surface area contributed by atoms with Crippen LogP contribution in [0.3, 0.4) is 0 Å². The molecule has 2 aromatic rings. The number of H-pyrrole nitrogens is 1. The number of rotatable bonds is 8. The van der Waals surface area contributed by atoms with Gasteiger partial charge in [-0.2, -0.15) is 0 Å². The fourth-order valence-corrected chi connectivity index (χ4v) is 2.94. The smallest absolute Gasteiger partial charge is 0.193 e. The van der Waals surface area contributed by atoms with Crippen LogP contribution in [0.2, 0.25) is 5.02 Å². The maximum atomic E-state index is 12.5. The number of carbonyl (C=O) groups excluding carboxylic acids is 2. The molecule has 25 heavy (non-hydrogen) atoms. The van der Waals surface area contributed by atoms with Crippen LogP contribution < -0.4 is 4.74 Å². The standard InChI is InChI=1S/C19H23ClN2O3/c1-12-18(14(3)23)13(2)21-19(12)17(24)11-22(4)9-10-25-16-7-5-15(20)6-8-16/h5-8,21H,9-11H2,1-4H3. The van der Waals surface area contributed by atoms with Gasteiger partial charge in [-0.1, -0.05) is 11.6 Å². The van der Waals surface area contributed by atoms with Crippen molar-refractivity contribution in [1.29, 1.82) is 0 Å². The number of ether oxygens (including phenoxy) is 1. The molecule has 1 N–H and O–H groups in total. The first-order chi connectivity index (χ1) is 11.8. The molecule has 0 amide bonds. The minimum absolute atomic E-state index is 0.0324. The molecule has 0 fully saturated rings. The molecule has 0 aliphatic heterocycles. The van der Waals surface area contributed by atoms with Crippen LogP contribution in [0.5, 0.6) is 5.75 Å². The van der Waals surface area contributed by atoms with Gasteiger partial charge in [0.25, 0.3) is 0 Å². The van der Waals surface area contributed by atoms with E-state index >= 15 is 0 Å². The third kappa shape index (κ3) is 4.94.